The van der Waals surface area contributed by atoms with Crippen molar-refractivity contribution >= 4 is 23.7 Å². The first-order valence-corrected chi connectivity index (χ1v) is 7.16. The average molecular weight is 269 g/mol. The van der Waals surface area contributed by atoms with E-state index in [-0.39, 0.29) is 12.0 Å². The van der Waals surface area contributed by atoms with Crippen molar-refractivity contribution < 1.29 is 13.9 Å². The highest BCUT2D eigenvalue weighted by atomic mass is 32.2. The molecule has 0 radical (unpaired) electrons. The lowest BCUT2D eigenvalue weighted by Crippen LogP contribution is -2.32. The highest BCUT2D eigenvalue weighted by molar-refractivity contribution is 7.98. The van der Waals surface area contributed by atoms with Crippen LogP contribution in [0.25, 0.3) is 6.08 Å². The van der Waals surface area contributed by atoms with Crippen molar-refractivity contribution in [2.24, 2.45) is 0 Å². The van der Waals surface area contributed by atoms with E-state index in [1.165, 1.54) is 6.08 Å². The number of hydrogen-bond acceptors (Lipinski definition) is 4. The van der Waals surface area contributed by atoms with Crippen LogP contribution in [-0.4, -0.2) is 37.7 Å². The van der Waals surface area contributed by atoms with Crippen LogP contribution < -0.4 is 5.32 Å². The van der Waals surface area contributed by atoms with Gasteiger partial charge in [0.2, 0.25) is 5.91 Å². The van der Waals surface area contributed by atoms with Crippen molar-refractivity contribution in [1.82, 2.24) is 5.32 Å². The molecule has 0 aromatic carbocycles. The van der Waals surface area contributed by atoms with Crippen LogP contribution >= 0.6 is 11.8 Å². The van der Waals surface area contributed by atoms with E-state index in [4.69, 9.17) is 9.15 Å². The molecule has 5 heteroatoms. The molecule has 0 aliphatic rings. The molecule has 0 spiro atoms. The fraction of sp³-hybridized carbons (Fsp3) is 0.462. The molecular weight excluding hydrogens is 250 g/mol. The van der Waals surface area contributed by atoms with Crippen LogP contribution in [0.2, 0.25) is 0 Å². The molecule has 0 bridgehead atoms. The summed E-state index contributed by atoms with van der Waals surface area (Å²) in [6.07, 6.45) is 7.72. The van der Waals surface area contributed by atoms with Crippen LogP contribution in [-0.2, 0) is 9.53 Å². The molecule has 1 amide bonds. The molecule has 0 aliphatic heterocycles. The van der Waals surface area contributed by atoms with Crippen molar-refractivity contribution in [3.05, 3.63) is 30.2 Å². The Morgan fingerprint density at radius 1 is 1.67 bits per heavy atom. The molecule has 1 heterocycles. The number of methoxy groups -OCH3 is 1. The van der Waals surface area contributed by atoms with Gasteiger partial charge in [0.05, 0.1) is 12.4 Å². The SMILES string of the molecule is COC(CCSC)CNC(=O)C=Cc1ccco1. The predicted molar refractivity (Wildman–Crippen MR) is 74.5 cm³/mol. The Morgan fingerprint density at radius 3 is 3.11 bits per heavy atom. The van der Waals surface area contributed by atoms with Gasteiger partial charge in [-0.15, -0.1) is 0 Å². The number of amides is 1. The van der Waals surface area contributed by atoms with Gasteiger partial charge in [0, 0.05) is 19.7 Å². The summed E-state index contributed by atoms with van der Waals surface area (Å²) in [7, 11) is 1.66. The summed E-state index contributed by atoms with van der Waals surface area (Å²) in [6.45, 7) is 0.526. The molecule has 0 saturated carbocycles. The van der Waals surface area contributed by atoms with E-state index in [1.807, 2.05) is 0 Å². The van der Waals surface area contributed by atoms with Gasteiger partial charge in [0.1, 0.15) is 5.76 Å². The van der Waals surface area contributed by atoms with Crippen LogP contribution in [0.3, 0.4) is 0 Å². The van der Waals surface area contributed by atoms with Crippen LogP contribution in [0, 0.1) is 0 Å². The molecule has 0 aliphatic carbocycles. The number of carbonyl (C=O) groups is 1. The maximum absolute atomic E-state index is 11.5. The number of furan rings is 1. The Kier molecular flexibility index (Phi) is 7.29. The zero-order valence-corrected chi connectivity index (χ0v) is 11.5. The van der Waals surface area contributed by atoms with E-state index in [0.29, 0.717) is 12.3 Å². The summed E-state index contributed by atoms with van der Waals surface area (Å²) in [5, 5.41) is 2.80. The topological polar surface area (TPSA) is 51.5 Å². The molecule has 1 atom stereocenters. The van der Waals surface area contributed by atoms with Crippen LogP contribution in [0.1, 0.15) is 12.2 Å². The van der Waals surface area contributed by atoms with Gasteiger partial charge in [-0.1, -0.05) is 0 Å². The van der Waals surface area contributed by atoms with E-state index >= 15 is 0 Å². The summed E-state index contributed by atoms with van der Waals surface area (Å²) >= 11 is 1.77. The maximum Gasteiger partial charge on any atom is 0.244 e. The number of rotatable bonds is 8. The minimum Gasteiger partial charge on any atom is -0.465 e. The van der Waals surface area contributed by atoms with Crippen LogP contribution in [0.5, 0.6) is 0 Å². The molecule has 100 valence electrons. The van der Waals surface area contributed by atoms with Crippen molar-refractivity contribution in [1.29, 1.82) is 0 Å². The number of thioether (sulfide) groups is 1. The first kappa shape index (κ1) is 14.9. The Balaban J connectivity index is 2.27. The van der Waals surface area contributed by atoms with Crippen LogP contribution in [0.15, 0.2) is 28.9 Å². The molecule has 0 fully saturated rings. The van der Waals surface area contributed by atoms with Crippen molar-refractivity contribution in [3.63, 3.8) is 0 Å². The Hall–Kier alpha value is -1.20. The number of carbonyl (C=O) groups excluding carboxylic acids is 1. The van der Waals surface area contributed by atoms with Gasteiger partial charge >= 0.3 is 0 Å². The largest absolute Gasteiger partial charge is 0.465 e. The van der Waals surface area contributed by atoms with E-state index in [1.54, 1.807) is 43.3 Å². The minimum atomic E-state index is -0.141. The Labute approximate surface area is 112 Å². The lowest BCUT2D eigenvalue weighted by atomic mass is 10.2. The fourth-order valence-electron chi connectivity index (χ4n) is 1.37. The summed E-state index contributed by atoms with van der Waals surface area (Å²) in [6, 6.07) is 3.57. The third kappa shape index (κ3) is 5.93. The lowest BCUT2D eigenvalue weighted by molar-refractivity contribution is -0.117. The van der Waals surface area contributed by atoms with E-state index < -0.39 is 0 Å². The molecule has 1 aromatic rings. The summed E-state index contributed by atoms with van der Waals surface area (Å²) < 4.78 is 10.4. The average Bonchev–Trinajstić information content (AvgIpc) is 2.89. The molecular formula is C13H19NO3S. The third-order valence-electron chi connectivity index (χ3n) is 2.42. The highest BCUT2D eigenvalue weighted by Crippen LogP contribution is 2.03. The smallest absolute Gasteiger partial charge is 0.244 e. The summed E-state index contributed by atoms with van der Waals surface area (Å²) in [4.78, 5) is 11.5. The van der Waals surface area contributed by atoms with E-state index in [9.17, 15) is 4.79 Å². The predicted octanol–water partition coefficient (Wildman–Crippen LogP) is 2.18. The molecule has 1 aromatic heterocycles. The standard InChI is InChI=1S/C13H19NO3S/c1-16-12(7-9-18-2)10-14-13(15)6-5-11-4-3-8-17-11/h3-6,8,12H,7,9-10H2,1-2H3,(H,14,15). The normalized spacial score (nSPS) is 12.8. The number of nitrogens with one attached hydrogen (secondary N) is 1. The highest BCUT2D eigenvalue weighted by Gasteiger charge is 2.07. The summed E-state index contributed by atoms with van der Waals surface area (Å²) in [5.74, 6) is 1.55. The zero-order valence-electron chi connectivity index (χ0n) is 10.7. The molecule has 18 heavy (non-hydrogen) atoms. The monoisotopic (exact) mass is 269 g/mol. The number of hydrogen-bond donors (Lipinski definition) is 1. The maximum atomic E-state index is 11.5. The quantitative estimate of drug-likeness (QED) is 0.735. The molecule has 1 N–H and O–H groups in total. The molecule has 0 saturated heterocycles. The zero-order chi connectivity index (χ0) is 13.2. The number of ether oxygens (including phenoxy) is 1. The van der Waals surface area contributed by atoms with Gasteiger partial charge < -0.3 is 14.5 Å². The van der Waals surface area contributed by atoms with E-state index in [0.717, 1.165) is 12.2 Å². The van der Waals surface area contributed by atoms with Gasteiger partial charge in [-0.05, 0) is 36.6 Å². The lowest BCUT2D eigenvalue weighted by Gasteiger charge is -2.14. The van der Waals surface area contributed by atoms with Crippen molar-refractivity contribution in [2.45, 2.75) is 12.5 Å². The van der Waals surface area contributed by atoms with Gasteiger partial charge in [-0.25, -0.2) is 0 Å². The van der Waals surface area contributed by atoms with Gasteiger partial charge in [0.15, 0.2) is 0 Å². The second-order valence-electron chi connectivity index (χ2n) is 3.73. The fourth-order valence-corrected chi connectivity index (χ4v) is 1.87. The Bertz CT molecular complexity index is 362. The minimum absolute atomic E-state index is 0.0680. The van der Waals surface area contributed by atoms with Crippen molar-refractivity contribution in [2.75, 3.05) is 25.7 Å². The first-order valence-electron chi connectivity index (χ1n) is 5.77. The van der Waals surface area contributed by atoms with Gasteiger partial charge in [-0.3, -0.25) is 4.79 Å². The second-order valence-corrected chi connectivity index (χ2v) is 4.72. The third-order valence-corrected chi connectivity index (χ3v) is 3.07. The Morgan fingerprint density at radius 2 is 2.50 bits per heavy atom. The molecule has 4 nitrogen and oxygen atoms in total. The van der Waals surface area contributed by atoms with Crippen LogP contribution in [0.4, 0.5) is 0 Å². The van der Waals surface area contributed by atoms with E-state index in [2.05, 4.69) is 11.6 Å². The summed E-state index contributed by atoms with van der Waals surface area (Å²) in [5.41, 5.74) is 0. The first-order chi connectivity index (χ1) is 8.76. The second kappa shape index (κ2) is 8.83. The van der Waals surface area contributed by atoms with Crippen molar-refractivity contribution in [3.8, 4) is 0 Å². The molecule has 1 unspecified atom stereocenters. The van der Waals surface area contributed by atoms with Gasteiger partial charge in [0.25, 0.3) is 0 Å². The van der Waals surface area contributed by atoms with Gasteiger partial charge in [-0.2, -0.15) is 11.8 Å². The molecule has 1 rings (SSSR count).